The summed E-state index contributed by atoms with van der Waals surface area (Å²) in [7, 11) is 2.97. The van der Waals surface area contributed by atoms with Crippen LogP contribution in [-0.4, -0.2) is 30.2 Å². The lowest BCUT2D eigenvalue weighted by molar-refractivity contribution is 0.0697. The second-order valence-electron chi connectivity index (χ2n) is 2.72. The van der Waals surface area contributed by atoms with E-state index in [0.29, 0.717) is 0 Å². The van der Waals surface area contributed by atoms with Gasteiger partial charge in [0.2, 0.25) is 0 Å². The van der Waals surface area contributed by atoms with Crippen molar-refractivity contribution in [2.75, 3.05) is 19.4 Å². The molecule has 0 aromatic carbocycles. The third kappa shape index (κ3) is 2.12. The van der Waals surface area contributed by atoms with Crippen LogP contribution in [-0.2, 0) is 0 Å². The molecule has 1 aromatic rings. The number of carboxylic acids is 1. The standard InChI is InChI=1S/C9H9N5O2/c1-11-8-6(9(15)16)3-5(4-10)7(13-8)14-12-2/h3H,1-2H3,(H,11,13)(H,15,16). The second-order valence-corrected chi connectivity index (χ2v) is 2.72. The Morgan fingerprint density at radius 3 is 2.81 bits per heavy atom. The molecule has 2 N–H and O–H groups in total. The molecule has 0 aliphatic carbocycles. The van der Waals surface area contributed by atoms with E-state index in [-0.39, 0.29) is 22.8 Å². The van der Waals surface area contributed by atoms with Gasteiger partial charge >= 0.3 is 5.97 Å². The molecular weight excluding hydrogens is 210 g/mol. The summed E-state index contributed by atoms with van der Waals surface area (Å²) in [6.45, 7) is 0. The van der Waals surface area contributed by atoms with Gasteiger partial charge in [-0.2, -0.15) is 10.4 Å². The number of carbonyl (C=O) groups is 1. The first-order valence-corrected chi connectivity index (χ1v) is 4.30. The van der Waals surface area contributed by atoms with E-state index in [9.17, 15) is 4.79 Å². The average molecular weight is 219 g/mol. The number of rotatable bonds is 3. The van der Waals surface area contributed by atoms with E-state index in [1.807, 2.05) is 6.07 Å². The van der Waals surface area contributed by atoms with Gasteiger partial charge in [-0.1, -0.05) is 0 Å². The van der Waals surface area contributed by atoms with Crippen molar-refractivity contribution in [2.45, 2.75) is 0 Å². The maximum atomic E-state index is 10.9. The van der Waals surface area contributed by atoms with Crippen LogP contribution in [0.3, 0.4) is 0 Å². The highest BCUT2D eigenvalue weighted by Crippen LogP contribution is 2.23. The summed E-state index contributed by atoms with van der Waals surface area (Å²) in [5.74, 6) is -0.915. The van der Waals surface area contributed by atoms with Crippen LogP contribution in [0.4, 0.5) is 11.6 Å². The predicted molar refractivity (Wildman–Crippen MR) is 55.9 cm³/mol. The largest absolute Gasteiger partial charge is 0.478 e. The summed E-state index contributed by atoms with van der Waals surface area (Å²) in [5.41, 5.74) is -0.00361. The van der Waals surface area contributed by atoms with E-state index in [1.54, 1.807) is 0 Å². The molecule has 7 nitrogen and oxygen atoms in total. The van der Waals surface area contributed by atoms with Gasteiger partial charge in [-0.3, -0.25) is 0 Å². The lowest BCUT2D eigenvalue weighted by Crippen LogP contribution is -2.05. The van der Waals surface area contributed by atoms with Crippen molar-refractivity contribution in [3.63, 3.8) is 0 Å². The highest BCUT2D eigenvalue weighted by atomic mass is 16.4. The molecular formula is C9H9N5O2. The van der Waals surface area contributed by atoms with Gasteiger partial charge in [-0.05, 0) is 6.07 Å². The predicted octanol–water partition coefficient (Wildman–Crippen LogP) is 1.41. The molecule has 1 heterocycles. The minimum absolute atomic E-state index is 0.0713. The minimum atomic E-state index is -1.16. The highest BCUT2D eigenvalue weighted by molar-refractivity contribution is 5.94. The molecule has 0 atom stereocenters. The molecule has 0 bridgehead atoms. The van der Waals surface area contributed by atoms with Crippen LogP contribution >= 0.6 is 0 Å². The van der Waals surface area contributed by atoms with Crippen molar-refractivity contribution in [1.29, 1.82) is 5.26 Å². The summed E-state index contributed by atoms with van der Waals surface area (Å²) in [6, 6.07) is 3.03. The molecule has 0 fully saturated rings. The molecule has 0 saturated carbocycles. The number of aromatic nitrogens is 1. The third-order valence-electron chi connectivity index (χ3n) is 1.78. The first-order chi connectivity index (χ1) is 7.63. The molecule has 0 radical (unpaired) electrons. The normalized spacial score (nSPS) is 10.1. The number of hydrogen-bond donors (Lipinski definition) is 2. The number of aromatic carboxylic acids is 1. The zero-order valence-electron chi connectivity index (χ0n) is 8.72. The number of hydrogen-bond acceptors (Lipinski definition) is 6. The lowest BCUT2D eigenvalue weighted by Gasteiger charge is -2.05. The molecule has 16 heavy (non-hydrogen) atoms. The monoisotopic (exact) mass is 219 g/mol. The number of nitrogens with one attached hydrogen (secondary N) is 1. The zero-order chi connectivity index (χ0) is 12.1. The Kier molecular flexibility index (Phi) is 3.50. The molecule has 1 rings (SSSR count). The Bertz CT molecular complexity index is 489. The van der Waals surface area contributed by atoms with Gasteiger partial charge in [-0.25, -0.2) is 9.78 Å². The summed E-state index contributed by atoms with van der Waals surface area (Å²) < 4.78 is 0. The zero-order valence-corrected chi connectivity index (χ0v) is 8.72. The Morgan fingerprint density at radius 2 is 2.38 bits per heavy atom. The number of anilines is 1. The summed E-state index contributed by atoms with van der Waals surface area (Å²) in [4.78, 5) is 14.8. The number of azo groups is 1. The number of pyridine rings is 1. The second kappa shape index (κ2) is 4.84. The van der Waals surface area contributed by atoms with Crippen molar-refractivity contribution in [2.24, 2.45) is 10.2 Å². The quantitative estimate of drug-likeness (QED) is 0.746. The number of nitriles is 1. The van der Waals surface area contributed by atoms with E-state index < -0.39 is 5.97 Å². The highest BCUT2D eigenvalue weighted by Gasteiger charge is 2.15. The van der Waals surface area contributed by atoms with Crippen molar-refractivity contribution in [3.05, 3.63) is 17.2 Å². The van der Waals surface area contributed by atoms with E-state index in [1.165, 1.54) is 20.2 Å². The fourth-order valence-corrected chi connectivity index (χ4v) is 1.11. The smallest absolute Gasteiger partial charge is 0.339 e. The van der Waals surface area contributed by atoms with Gasteiger partial charge in [-0.15, -0.1) is 5.11 Å². The minimum Gasteiger partial charge on any atom is -0.478 e. The van der Waals surface area contributed by atoms with Crippen LogP contribution < -0.4 is 5.32 Å². The summed E-state index contributed by atoms with van der Waals surface area (Å²) in [6.07, 6.45) is 0. The van der Waals surface area contributed by atoms with Gasteiger partial charge in [0.25, 0.3) is 0 Å². The van der Waals surface area contributed by atoms with E-state index in [4.69, 9.17) is 10.4 Å². The van der Waals surface area contributed by atoms with Crippen LogP contribution in [0.2, 0.25) is 0 Å². The number of carboxylic acid groups (broad SMARTS) is 1. The molecule has 0 saturated heterocycles. The third-order valence-corrected chi connectivity index (χ3v) is 1.78. The topological polar surface area (TPSA) is 111 Å². The van der Waals surface area contributed by atoms with Crippen LogP contribution in [0, 0.1) is 11.3 Å². The van der Waals surface area contributed by atoms with E-state index in [2.05, 4.69) is 20.5 Å². The summed E-state index contributed by atoms with van der Waals surface area (Å²) >= 11 is 0. The molecule has 0 aliphatic rings. The van der Waals surface area contributed by atoms with Gasteiger partial charge in [0.05, 0.1) is 5.56 Å². The fraction of sp³-hybridized carbons (Fsp3) is 0.222. The SMILES string of the molecule is CN=Nc1nc(NC)c(C(=O)O)cc1C#N. The molecule has 0 amide bonds. The molecule has 0 aliphatic heterocycles. The van der Waals surface area contributed by atoms with Crippen molar-refractivity contribution >= 4 is 17.6 Å². The van der Waals surface area contributed by atoms with Crippen LogP contribution in [0.5, 0.6) is 0 Å². The van der Waals surface area contributed by atoms with Crippen molar-refractivity contribution in [3.8, 4) is 6.07 Å². The fourth-order valence-electron chi connectivity index (χ4n) is 1.11. The van der Waals surface area contributed by atoms with Crippen LogP contribution in [0.15, 0.2) is 16.3 Å². The Balaban J connectivity index is 3.47. The molecule has 82 valence electrons. The van der Waals surface area contributed by atoms with Gasteiger partial charge in [0, 0.05) is 14.1 Å². The Labute approximate surface area is 91.5 Å². The summed E-state index contributed by atoms with van der Waals surface area (Å²) in [5, 5.41) is 27.5. The van der Waals surface area contributed by atoms with Gasteiger partial charge in [0.1, 0.15) is 17.5 Å². The molecule has 7 heteroatoms. The molecule has 1 aromatic heterocycles. The lowest BCUT2D eigenvalue weighted by atomic mass is 10.2. The molecule has 0 unspecified atom stereocenters. The maximum absolute atomic E-state index is 10.9. The number of nitrogens with zero attached hydrogens (tertiary/aromatic N) is 4. The van der Waals surface area contributed by atoms with Crippen LogP contribution in [0.1, 0.15) is 15.9 Å². The van der Waals surface area contributed by atoms with Gasteiger partial charge in [0.15, 0.2) is 5.82 Å². The van der Waals surface area contributed by atoms with Gasteiger partial charge < -0.3 is 10.4 Å². The van der Waals surface area contributed by atoms with Crippen LogP contribution in [0.25, 0.3) is 0 Å². The van der Waals surface area contributed by atoms with E-state index in [0.717, 1.165) is 0 Å². The maximum Gasteiger partial charge on any atom is 0.339 e. The first kappa shape index (κ1) is 11.6. The molecule has 0 spiro atoms. The van der Waals surface area contributed by atoms with Crippen molar-refractivity contribution < 1.29 is 9.90 Å². The Morgan fingerprint density at radius 1 is 1.69 bits per heavy atom. The van der Waals surface area contributed by atoms with E-state index >= 15 is 0 Å². The van der Waals surface area contributed by atoms with Crippen molar-refractivity contribution in [1.82, 2.24) is 4.98 Å². The average Bonchev–Trinajstić information content (AvgIpc) is 2.28. The Hall–Kier alpha value is -2.49. The first-order valence-electron chi connectivity index (χ1n) is 4.30.